The molecule has 0 unspecified atom stereocenters. The molecule has 0 aliphatic carbocycles. The summed E-state index contributed by atoms with van der Waals surface area (Å²) in [6, 6.07) is 7.73. The summed E-state index contributed by atoms with van der Waals surface area (Å²) in [7, 11) is 0. The van der Waals surface area contributed by atoms with E-state index < -0.39 is 5.54 Å². The Labute approximate surface area is 168 Å². The van der Waals surface area contributed by atoms with E-state index in [1.165, 1.54) is 0 Å². The lowest BCUT2D eigenvalue weighted by molar-refractivity contribution is -0.134. The van der Waals surface area contributed by atoms with E-state index in [0.717, 1.165) is 16.7 Å². The Kier molecular flexibility index (Phi) is 4.62. The molecule has 29 heavy (non-hydrogen) atoms. The largest absolute Gasteiger partial charge is 0.347 e. The van der Waals surface area contributed by atoms with E-state index in [-0.39, 0.29) is 24.8 Å². The minimum Gasteiger partial charge on any atom is -0.347 e. The SMILES string of the molecule is CC1=CC2=NC(=O)C[C@](C)(C(=O)NCc3noc(-c4ccc(C)cc4)n3)N2C=C1. The topological polar surface area (TPSA) is 101 Å². The highest BCUT2D eigenvalue weighted by Crippen LogP contribution is 2.29. The predicted molar refractivity (Wildman–Crippen MR) is 107 cm³/mol. The van der Waals surface area contributed by atoms with Gasteiger partial charge in [-0.1, -0.05) is 22.9 Å². The van der Waals surface area contributed by atoms with Gasteiger partial charge in [0.15, 0.2) is 5.82 Å². The molecule has 2 amide bonds. The fourth-order valence-corrected chi connectivity index (χ4v) is 3.32. The van der Waals surface area contributed by atoms with E-state index >= 15 is 0 Å². The monoisotopic (exact) mass is 391 g/mol. The molecule has 148 valence electrons. The number of carbonyl (C=O) groups is 2. The maximum absolute atomic E-state index is 13.0. The smallest absolute Gasteiger partial charge is 0.257 e. The molecule has 1 aromatic carbocycles. The lowest BCUT2D eigenvalue weighted by Gasteiger charge is -2.41. The molecule has 0 spiro atoms. The Balaban J connectivity index is 1.47. The average Bonchev–Trinajstić information content (AvgIpc) is 3.15. The molecule has 1 aromatic heterocycles. The van der Waals surface area contributed by atoms with Gasteiger partial charge in [-0.05, 0) is 50.6 Å². The summed E-state index contributed by atoms with van der Waals surface area (Å²) in [5, 5.41) is 6.75. The van der Waals surface area contributed by atoms with Gasteiger partial charge in [0, 0.05) is 11.8 Å². The van der Waals surface area contributed by atoms with Crippen LogP contribution in [0.2, 0.25) is 0 Å². The summed E-state index contributed by atoms with van der Waals surface area (Å²) in [5.74, 6) is 0.591. The van der Waals surface area contributed by atoms with Crippen LogP contribution in [0.5, 0.6) is 0 Å². The van der Waals surface area contributed by atoms with Gasteiger partial charge < -0.3 is 14.7 Å². The van der Waals surface area contributed by atoms with Crippen molar-refractivity contribution in [2.75, 3.05) is 0 Å². The van der Waals surface area contributed by atoms with Crippen LogP contribution < -0.4 is 5.32 Å². The normalized spacial score (nSPS) is 20.8. The first-order valence-corrected chi connectivity index (χ1v) is 9.30. The molecule has 1 atom stereocenters. The Morgan fingerprint density at radius 1 is 1.28 bits per heavy atom. The second-order valence-corrected chi connectivity index (χ2v) is 7.45. The number of benzene rings is 1. The number of nitrogens with zero attached hydrogens (tertiary/aromatic N) is 4. The zero-order valence-corrected chi connectivity index (χ0v) is 16.5. The summed E-state index contributed by atoms with van der Waals surface area (Å²) in [4.78, 5) is 35.2. The van der Waals surface area contributed by atoms with Gasteiger partial charge in [-0.3, -0.25) is 9.59 Å². The number of hydrogen-bond donors (Lipinski definition) is 1. The number of hydrogen-bond acceptors (Lipinski definition) is 6. The second-order valence-electron chi connectivity index (χ2n) is 7.45. The summed E-state index contributed by atoms with van der Waals surface area (Å²) in [6.07, 6.45) is 5.44. The Hall–Kier alpha value is -3.55. The molecule has 4 rings (SSSR count). The molecular weight excluding hydrogens is 370 g/mol. The van der Waals surface area contributed by atoms with Crippen LogP contribution in [0.15, 0.2) is 57.7 Å². The third-order valence-corrected chi connectivity index (χ3v) is 5.02. The van der Waals surface area contributed by atoms with E-state index in [9.17, 15) is 9.59 Å². The average molecular weight is 391 g/mol. The van der Waals surface area contributed by atoms with Crippen molar-refractivity contribution in [3.05, 3.63) is 59.6 Å². The lowest BCUT2D eigenvalue weighted by Crippen LogP contribution is -2.59. The number of nitrogens with one attached hydrogen (secondary N) is 1. The first kappa shape index (κ1) is 18.8. The van der Waals surface area contributed by atoms with Crippen molar-refractivity contribution in [3.8, 4) is 11.5 Å². The van der Waals surface area contributed by atoms with Gasteiger partial charge in [0.25, 0.3) is 11.8 Å². The number of aliphatic imine (C=N–C) groups is 1. The van der Waals surface area contributed by atoms with Gasteiger partial charge in [-0.2, -0.15) is 9.98 Å². The van der Waals surface area contributed by atoms with Crippen molar-refractivity contribution in [2.45, 2.75) is 39.3 Å². The fourth-order valence-electron chi connectivity index (χ4n) is 3.32. The maximum Gasteiger partial charge on any atom is 0.257 e. The molecule has 2 aromatic rings. The van der Waals surface area contributed by atoms with Gasteiger partial charge in [0.05, 0.1) is 13.0 Å². The second kappa shape index (κ2) is 7.12. The van der Waals surface area contributed by atoms with Crippen LogP contribution in [-0.2, 0) is 16.1 Å². The first-order valence-electron chi connectivity index (χ1n) is 9.30. The summed E-state index contributed by atoms with van der Waals surface area (Å²) in [6.45, 7) is 5.73. The quantitative estimate of drug-likeness (QED) is 0.860. The number of amides is 2. The molecule has 0 bridgehead atoms. The Bertz CT molecular complexity index is 1060. The van der Waals surface area contributed by atoms with E-state index in [2.05, 4.69) is 20.4 Å². The molecular formula is C21H21N5O3. The van der Waals surface area contributed by atoms with Crippen LogP contribution in [0.25, 0.3) is 11.5 Å². The standard InChI is InChI=1S/C21H21N5O3/c1-13-4-6-15(7-5-13)19-23-16(25-29-19)12-22-20(28)21(3)11-18(27)24-17-10-14(2)8-9-26(17)21/h4-10H,11-12H2,1-3H3,(H,22,28)/t21-/m1/s1. The first-order chi connectivity index (χ1) is 13.8. The zero-order valence-electron chi connectivity index (χ0n) is 16.5. The van der Waals surface area contributed by atoms with E-state index in [1.54, 1.807) is 24.1 Å². The highest BCUT2D eigenvalue weighted by Gasteiger charge is 2.45. The van der Waals surface area contributed by atoms with Crippen molar-refractivity contribution < 1.29 is 14.1 Å². The fraction of sp³-hybridized carbons (Fsp3) is 0.286. The molecule has 0 saturated carbocycles. The molecule has 8 nitrogen and oxygen atoms in total. The van der Waals surface area contributed by atoms with Crippen molar-refractivity contribution in [1.82, 2.24) is 20.4 Å². The molecule has 0 fully saturated rings. The van der Waals surface area contributed by atoms with Crippen molar-refractivity contribution in [1.29, 1.82) is 0 Å². The van der Waals surface area contributed by atoms with Crippen molar-refractivity contribution in [3.63, 3.8) is 0 Å². The lowest BCUT2D eigenvalue weighted by atomic mass is 9.90. The molecule has 2 aliphatic rings. The summed E-state index contributed by atoms with van der Waals surface area (Å²) in [5.41, 5.74) is 1.83. The highest BCUT2D eigenvalue weighted by molar-refractivity contribution is 6.09. The van der Waals surface area contributed by atoms with Crippen LogP contribution in [0.3, 0.4) is 0 Å². The number of fused-ring (bicyclic) bond motifs is 1. The number of allylic oxidation sites excluding steroid dienone is 2. The number of amidine groups is 1. The number of aryl methyl sites for hydroxylation is 1. The van der Waals surface area contributed by atoms with E-state index in [0.29, 0.717) is 17.6 Å². The van der Waals surface area contributed by atoms with Crippen molar-refractivity contribution >= 4 is 17.6 Å². The molecule has 0 radical (unpaired) electrons. The van der Waals surface area contributed by atoms with E-state index in [1.807, 2.05) is 44.2 Å². The molecule has 0 saturated heterocycles. The van der Waals surface area contributed by atoms with Gasteiger partial charge in [-0.25, -0.2) is 0 Å². The maximum atomic E-state index is 13.0. The molecule has 2 aliphatic heterocycles. The van der Waals surface area contributed by atoms with Gasteiger partial charge in [0.2, 0.25) is 5.91 Å². The zero-order chi connectivity index (χ0) is 20.6. The Morgan fingerprint density at radius 3 is 2.79 bits per heavy atom. The number of aromatic nitrogens is 2. The van der Waals surface area contributed by atoms with Crippen molar-refractivity contribution in [2.24, 2.45) is 4.99 Å². The molecule has 8 heteroatoms. The highest BCUT2D eigenvalue weighted by atomic mass is 16.5. The molecule has 3 heterocycles. The Morgan fingerprint density at radius 2 is 2.03 bits per heavy atom. The summed E-state index contributed by atoms with van der Waals surface area (Å²) >= 11 is 0. The predicted octanol–water partition coefficient (Wildman–Crippen LogP) is 2.52. The third-order valence-electron chi connectivity index (χ3n) is 5.02. The van der Waals surface area contributed by atoms with Gasteiger partial charge in [0.1, 0.15) is 11.4 Å². The van der Waals surface area contributed by atoms with Gasteiger partial charge >= 0.3 is 0 Å². The minimum absolute atomic E-state index is 0.0135. The van der Waals surface area contributed by atoms with Crippen LogP contribution in [0.4, 0.5) is 0 Å². The van der Waals surface area contributed by atoms with Crippen LogP contribution >= 0.6 is 0 Å². The van der Waals surface area contributed by atoms with Crippen LogP contribution in [0, 0.1) is 6.92 Å². The van der Waals surface area contributed by atoms with Crippen LogP contribution in [-0.4, -0.2) is 38.2 Å². The number of rotatable bonds is 4. The third kappa shape index (κ3) is 3.61. The van der Waals surface area contributed by atoms with Gasteiger partial charge in [-0.15, -0.1) is 0 Å². The number of carbonyl (C=O) groups excluding carboxylic acids is 2. The molecule has 1 N–H and O–H groups in total. The minimum atomic E-state index is -1.08. The van der Waals surface area contributed by atoms with E-state index in [4.69, 9.17) is 4.52 Å². The van der Waals surface area contributed by atoms with Crippen LogP contribution in [0.1, 0.15) is 31.7 Å². The summed E-state index contributed by atoms with van der Waals surface area (Å²) < 4.78 is 5.29.